The van der Waals surface area contributed by atoms with Crippen LogP contribution < -0.4 is 31.1 Å². The van der Waals surface area contributed by atoms with E-state index in [0.29, 0.717) is 16.2 Å². The summed E-state index contributed by atoms with van der Waals surface area (Å²) in [6.07, 6.45) is 0. The van der Waals surface area contributed by atoms with E-state index in [4.69, 9.17) is 9.60 Å². The molecule has 0 spiro atoms. The molecule has 15 rings (SSSR count). The van der Waals surface area contributed by atoms with Gasteiger partial charge in [0.05, 0.1) is 74.7 Å². The topological polar surface area (TPSA) is 14.7 Å². The Labute approximate surface area is 510 Å². The summed E-state index contributed by atoms with van der Waals surface area (Å²) in [5.74, 6) is 0. The van der Waals surface area contributed by atoms with Crippen LogP contribution in [0.2, 0.25) is 0 Å². The highest BCUT2D eigenvalue weighted by molar-refractivity contribution is 7.26. The van der Waals surface area contributed by atoms with Crippen molar-refractivity contribution in [2.45, 2.75) is 78.6 Å². The molecule has 4 nitrogen and oxygen atoms in total. The van der Waals surface area contributed by atoms with Crippen LogP contribution >= 0.6 is 11.3 Å². The normalized spacial score (nSPS) is 19.7. The number of aromatic nitrogens is 1. The monoisotopic (exact) mass is 1060 g/mol. The van der Waals surface area contributed by atoms with Crippen LogP contribution in [-0.4, -0.2) is 11.3 Å². The smallest absolute Gasteiger partial charge is 0.252 e. The number of para-hydroxylation sites is 3. The Kier molecular flexibility index (Phi) is 5.05. The maximum absolute atomic E-state index is 11.3. The van der Waals surface area contributed by atoms with Crippen LogP contribution in [0.3, 0.4) is 0 Å². The lowest BCUT2D eigenvalue weighted by atomic mass is 9.33. The lowest BCUT2D eigenvalue weighted by molar-refractivity contribution is 0.590. The second-order valence-corrected chi connectivity index (χ2v) is 23.4. The Morgan fingerprint density at radius 3 is 1.71 bits per heavy atom. The number of benzene rings is 10. The van der Waals surface area contributed by atoms with Gasteiger partial charge in [-0.05, 0) is 151 Å². The average Bonchev–Trinajstić information content (AvgIpc) is 1.36. The van der Waals surface area contributed by atoms with E-state index in [2.05, 4.69) is 0 Å². The predicted molar refractivity (Wildman–Crippen MR) is 337 cm³/mol. The SMILES string of the molecule is [2H]c1c([2H])c2c3c(c1[2H])-n1c4c([2H])c([2H])c([2H])c([2H])c4c4c([2H])c([2H])c([2H])c(c41)N3c1c([2H])c(C(C)(C)C)c([2H])c3c1B2c1c([2H])c([2H])c(N(c2c([2H])c([2H])c(C(C)(C)C)c([2H])c2[2H])c2c([2H])c([2H])c(C(C)(C)C)c([2H])c2[2H])c([2H])c1N3c1c([2H])c([2H])c(-c2c([2H])c([2H])c([2H])c3sc4c([2H])c([2H])c([2H])c([2H])c4c23)c([2H])c1[2H]. The Morgan fingerprint density at radius 1 is 0.436 bits per heavy atom. The van der Waals surface area contributed by atoms with E-state index in [-0.39, 0.29) is 47.8 Å². The molecule has 3 aliphatic heterocycles. The first-order chi connectivity index (χ1) is 51.8. The second-order valence-electron chi connectivity index (χ2n) is 22.3. The number of rotatable bonds is 5. The minimum Gasteiger partial charge on any atom is -0.311 e. The minimum absolute atomic E-state index is 0.174. The first kappa shape index (κ1) is 23.7. The minimum atomic E-state index is -2.13. The molecule has 6 heteroatoms. The molecule has 2 aromatic heterocycles. The van der Waals surface area contributed by atoms with Crippen LogP contribution in [-0.2, 0) is 16.2 Å². The third-order valence-corrected chi connectivity index (χ3v) is 15.3. The van der Waals surface area contributed by atoms with Gasteiger partial charge in [-0.15, -0.1) is 11.3 Å². The molecule has 0 aliphatic carbocycles. The molecule has 0 saturated carbocycles. The molecule has 10 aromatic carbocycles. The molecule has 0 N–H and O–H groups in total. The van der Waals surface area contributed by atoms with Crippen LogP contribution in [0, 0.1) is 0 Å². The van der Waals surface area contributed by atoms with Crippen molar-refractivity contribution in [1.82, 2.24) is 4.57 Å². The molecule has 0 bridgehead atoms. The highest BCUT2D eigenvalue weighted by atomic mass is 32.1. The van der Waals surface area contributed by atoms with Crippen molar-refractivity contribution >= 4 is 128 Å². The van der Waals surface area contributed by atoms with Crippen molar-refractivity contribution in [2.75, 3.05) is 14.7 Å². The number of anilines is 9. The molecule has 0 fully saturated rings. The first-order valence-corrected chi connectivity index (χ1v) is 25.8. The fraction of sp³-hybridized carbons (Fsp3) is 0.167. The van der Waals surface area contributed by atoms with E-state index >= 15 is 0 Å². The molecule has 0 amide bonds. The van der Waals surface area contributed by atoms with Gasteiger partial charge in [-0.2, -0.15) is 0 Å². The van der Waals surface area contributed by atoms with Gasteiger partial charge in [0.15, 0.2) is 0 Å². The standard InChI is InChI=1S/C72H61BN4S/c1-70(2,3)45-29-35-48(36-30-45)74(49-37-31-46(32-38-49)71(4,5)6)51-39-40-56-61(43-51)75(50-33-27-44(28-34-50)52-19-15-26-65-66(52)55-18-11-13-25-64(55)78-65)62-41-47(72(7,8)9)42-63-67(62)73(56)57-21-16-24-60-69(57)77(63)59-23-14-20-54-53-17-10-12-22-58(53)76(60)68(54)59/h10-43H,1-9H3/i10D,11D,12D,13D,14D,15D,16D,17D,18D,19D,20D,21D,22D,23D,24D,25D,26D,27D,28D,29D,30D,31D,32D,33D,34D,35D,36D,37D,38D,39D,40D,41D,42D,43D. The summed E-state index contributed by atoms with van der Waals surface area (Å²) in [7, 11) is 0. The zero-order chi connectivity index (χ0) is 82.7. The molecule has 0 unspecified atom stereocenters. The van der Waals surface area contributed by atoms with Crippen molar-refractivity contribution < 1.29 is 46.6 Å². The van der Waals surface area contributed by atoms with E-state index in [0.717, 1.165) is 14.4 Å². The second kappa shape index (κ2) is 16.6. The Balaban J connectivity index is 1.21. The van der Waals surface area contributed by atoms with E-state index in [1.807, 2.05) is 0 Å². The number of hydrogen-bond acceptors (Lipinski definition) is 4. The van der Waals surface area contributed by atoms with Crippen molar-refractivity contribution in [3.63, 3.8) is 0 Å². The Morgan fingerprint density at radius 2 is 1.01 bits per heavy atom. The molecule has 12 aromatic rings. The number of thiophene rings is 1. The number of nitrogens with zero attached hydrogens (tertiary/aromatic N) is 4. The van der Waals surface area contributed by atoms with Gasteiger partial charge >= 0.3 is 0 Å². The molecular formula is C72H61BN4S. The largest absolute Gasteiger partial charge is 0.311 e. The van der Waals surface area contributed by atoms with Crippen LogP contribution in [0.4, 0.5) is 51.2 Å². The summed E-state index contributed by atoms with van der Waals surface area (Å²) >= 11 is 0.635. The van der Waals surface area contributed by atoms with Gasteiger partial charge in [0, 0.05) is 70.8 Å². The quantitative estimate of drug-likeness (QED) is 0.160. The van der Waals surface area contributed by atoms with Gasteiger partial charge in [-0.25, -0.2) is 0 Å². The Hall–Kier alpha value is -8.32. The molecule has 3 aliphatic rings. The Bertz CT molecular complexity index is 6370. The average molecular weight is 1060 g/mol. The third kappa shape index (κ3) is 6.91. The fourth-order valence-corrected chi connectivity index (χ4v) is 11.4. The van der Waals surface area contributed by atoms with E-state index in [1.165, 1.54) is 0 Å². The highest BCUT2D eigenvalue weighted by Crippen LogP contribution is 2.54. The summed E-state index contributed by atoms with van der Waals surface area (Å²) in [5.41, 5.74) is -16.0. The van der Waals surface area contributed by atoms with Gasteiger partial charge in [0.1, 0.15) is 0 Å². The lowest BCUT2D eigenvalue weighted by Gasteiger charge is -2.47. The summed E-state index contributed by atoms with van der Waals surface area (Å²) in [6, 6.07) is -29.8. The van der Waals surface area contributed by atoms with Gasteiger partial charge in [0.25, 0.3) is 6.71 Å². The maximum atomic E-state index is 11.3. The van der Waals surface area contributed by atoms with E-state index in [9.17, 15) is 37.0 Å². The van der Waals surface area contributed by atoms with Gasteiger partial charge in [-0.1, -0.05) is 177 Å². The molecule has 378 valence electrons. The van der Waals surface area contributed by atoms with Crippen LogP contribution in [0.5, 0.6) is 0 Å². The summed E-state index contributed by atoms with van der Waals surface area (Å²) in [4.78, 5) is 2.51. The van der Waals surface area contributed by atoms with E-state index < -0.39 is 324 Å². The van der Waals surface area contributed by atoms with Crippen molar-refractivity contribution in [3.05, 3.63) is 222 Å². The molecule has 0 saturated heterocycles. The third-order valence-electron chi connectivity index (χ3n) is 14.2. The van der Waals surface area contributed by atoms with Crippen LogP contribution in [0.15, 0.2) is 205 Å². The van der Waals surface area contributed by atoms with Gasteiger partial charge in [-0.3, -0.25) is 0 Å². The first-order valence-electron chi connectivity index (χ1n) is 42.0. The maximum Gasteiger partial charge on any atom is 0.252 e. The van der Waals surface area contributed by atoms with E-state index in [1.54, 1.807) is 62.3 Å². The molecule has 78 heavy (non-hydrogen) atoms. The fourth-order valence-electron chi connectivity index (χ4n) is 10.5. The number of hydrogen-bond donors (Lipinski definition) is 0. The van der Waals surface area contributed by atoms with Gasteiger partial charge in [0.2, 0.25) is 0 Å². The summed E-state index contributed by atoms with van der Waals surface area (Å²) in [6.45, 7) is 12.1. The number of fused-ring (bicyclic) bond motifs is 12. The van der Waals surface area contributed by atoms with Crippen molar-refractivity contribution in [1.29, 1.82) is 0 Å². The molecule has 0 radical (unpaired) electrons. The van der Waals surface area contributed by atoms with Crippen LogP contribution in [0.25, 0.3) is 58.8 Å². The summed E-state index contributed by atoms with van der Waals surface area (Å²) in [5, 5.41) is -1.45. The van der Waals surface area contributed by atoms with Crippen molar-refractivity contribution in [2.24, 2.45) is 0 Å². The van der Waals surface area contributed by atoms with Gasteiger partial charge < -0.3 is 19.3 Å². The molecule has 5 heterocycles. The predicted octanol–water partition coefficient (Wildman–Crippen LogP) is 18.6. The van der Waals surface area contributed by atoms with Crippen molar-refractivity contribution in [3.8, 4) is 16.8 Å². The molecular weight excluding hydrogens is 964 g/mol. The zero-order valence-corrected chi connectivity index (χ0v) is 44.1. The van der Waals surface area contributed by atoms with Crippen LogP contribution in [0.1, 0.15) is 126 Å². The molecule has 0 atom stereocenters. The highest BCUT2D eigenvalue weighted by Gasteiger charge is 2.47. The zero-order valence-electron chi connectivity index (χ0n) is 77.3. The summed E-state index contributed by atoms with van der Waals surface area (Å²) < 4.78 is 335. The lowest BCUT2D eigenvalue weighted by Crippen LogP contribution is -2.62.